The molecule has 1 rings (SSSR count). The highest BCUT2D eigenvalue weighted by Gasteiger charge is 2.16. The fourth-order valence-corrected chi connectivity index (χ4v) is 2.12. The third-order valence-corrected chi connectivity index (χ3v) is 3.36. The molecular formula is C15H20ClNO4. The Hall–Kier alpha value is -1.75. The largest absolute Gasteiger partial charge is 0.496 e. The van der Waals surface area contributed by atoms with Crippen molar-refractivity contribution in [1.82, 2.24) is 0 Å². The number of methoxy groups -OCH3 is 1. The number of anilines is 1. The Bertz CT molecular complexity index is 517. The Morgan fingerprint density at radius 2 is 2.00 bits per heavy atom. The minimum atomic E-state index is -1.13. The van der Waals surface area contributed by atoms with Gasteiger partial charge in [0, 0.05) is 12.5 Å². The summed E-state index contributed by atoms with van der Waals surface area (Å²) in [6.45, 7) is 2.11. The number of carboxylic acids is 1. The molecule has 0 radical (unpaired) electrons. The van der Waals surface area contributed by atoms with E-state index in [1.807, 2.05) is 0 Å². The molecule has 0 spiro atoms. The lowest BCUT2D eigenvalue weighted by atomic mass is 10.1. The van der Waals surface area contributed by atoms with Crippen LogP contribution in [0, 0.1) is 0 Å². The molecule has 0 fully saturated rings. The zero-order chi connectivity index (χ0) is 15.8. The Kier molecular flexibility index (Phi) is 7.02. The molecule has 0 saturated heterocycles. The summed E-state index contributed by atoms with van der Waals surface area (Å²) in [5, 5.41) is 11.9. The van der Waals surface area contributed by atoms with Crippen LogP contribution in [0.1, 0.15) is 49.4 Å². The van der Waals surface area contributed by atoms with E-state index in [4.69, 9.17) is 21.4 Å². The van der Waals surface area contributed by atoms with Gasteiger partial charge in [-0.1, -0.05) is 37.8 Å². The van der Waals surface area contributed by atoms with Crippen molar-refractivity contribution in [2.75, 3.05) is 12.4 Å². The maximum Gasteiger partial charge on any atom is 0.339 e. The van der Waals surface area contributed by atoms with Crippen molar-refractivity contribution in [3.63, 3.8) is 0 Å². The molecule has 0 saturated carbocycles. The molecule has 2 N–H and O–H groups in total. The lowest BCUT2D eigenvalue weighted by molar-refractivity contribution is -0.116. The molecule has 5 nitrogen and oxygen atoms in total. The molecule has 0 aromatic heterocycles. The third-order valence-electron chi connectivity index (χ3n) is 3.05. The van der Waals surface area contributed by atoms with Gasteiger partial charge in [-0.15, -0.1) is 0 Å². The maximum absolute atomic E-state index is 11.8. The number of amides is 1. The van der Waals surface area contributed by atoms with Crippen molar-refractivity contribution in [2.24, 2.45) is 0 Å². The number of hydrogen-bond donors (Lipinski definition) is 2. The summed E-state index contributed by atoms with van der Waals surface area (Å²) >= 11 is 6.00. The Labute approximate surface area is 129 Å². The summed E-state index contributed by atoms with van der Waals surface area (Å²) in [6, 6.07) is 2.70. The fraction of sp³-hybridized carbons (Fsp3) is 0.467. The summed E-state index contributed by atoms with van der Waals surface area (Å²) in [4.78, 5) is 22.9. The van der Waals surface area contributed by atoms with E-state index in [1.54, 1.807) is 0 Å². The van der Waals surface area contributed by atoms with E-state index in [0.29, 0.717) is 12.1 Å². The number of benzene rings is 1. The average Bonchev–Trinajstić information content (AvgIpc) is 2.45. The highest BCUT2D eigenvalue weighted by Crippen LogP contribution is 2.31. The van der Waals surface area contributed by atoms with Crippen LogP contribution in [0.4, 0.5) is 5.69 Å². The van der Waals surface area contributed by atoms with E-state index in [0.717, 1.165) is 25.7 Å². The van der Waals surface area contributed by atoms with Gasteiger partial charge in [0.05, 0.1) is 17.8 Å². The van der Waals surface area contributed by atoms with Crippen molar-refractivity contribution >= 4 is 29.2 Å². The van der Waals surface area contributed by atoms with Gasteiger partial charge in [0.2, 0.25) is 5.91 Å². The normalized spacial score (nSPS) is 10.2. The van der Waals surface area contributed by atoms with Gasteiger partial charge in [-0.25, -0.2) is 4.79 Å². The maximum atomic E-state index is 11.8. The van der Waals surface area contributed by atoms with Gasteiger partial charge in [-0.3, -0.25) is 4.79 Å². The molecule has 0 aliphatic heterocycles. The van der Waals surface area contributed by atoms with E-state index in [-0.39, 0.29) is 22.2 Å². The molecular weight excluding hydrogens is 294 g/mol. The van der Waals surface area contributed by atoms with Crippen molar-refractivity contribution in [1.29, 1.82) is 0 Å². The summed E-state index contributed by atoms with van der Waals surface area (Å²) in [5.74, 6) is -1.11. The Morgan fingerprint density at radius 3 is 2.57 bits per heavy atom. The molecule has 1 aromatic rings. The first-order valence-electron chi connectivity index (χ1n) is 6.90. The van der Waals surface area contributed by atoms with E-state index in [2.05, 4.69) is 12.2 Å². The van der Waals surface area contributed by atoms with Gasteiger partial charge in [0.25, 0.3) is 0 Å². The first-order chi connectivity index (χ1) is 9.99. The number of ether oxygens (including phenoxy) is 1. The smallest absolute Gasteiger partial charge is 0.339 e. The zero-order valence-electron chi connectivity index (χ0n) is 12.2. The number of hydrogen-bond acceptors (Lipinski definition) is 3. The minimum absolute atomic E-state index is 0.0385. The molecule has 21 heavy (non-hydrogen) atoms. The van der Waals surface area contributed by atoms with E-state index < -0.39 is 5.97 Å². The summed E-state index contributed by atoms with van der Waals surface area (Å²) in [6.07, 6.45) is 4.47. The minimum Gasteiger partial charge on any atom is -0.496 e. The summed E-state index contributed by atoms with van der Waals surface area (Å²) < 4.78 is 5.01. The van der Waals surface area contributed by atoms with Crippen LogP contribution < -0.4 is 10.1 Å². The number of carboxylic acid groups (broad SMARTS) is 1. The molecule has 1 aromatic carbocycles. The van der Waals surface area contributed by atoms with Crippen molar-refractivity contribution in [3.05, 3.63) is 22.7 Å². The van der Waals surface area contributed by atoms with Gasteiger partial charge >= 0.3 is 5.97 Å². The molecule has 0 aliphatic carbocycles. The Balaban J connectivity index is 2.75. The van der Waals surface area contributed by atoms with Crippen molar-refractivity contribution in [2.45, 2.75) is 39.0 Å². The predicted octanol–water partition coefficient (Wildman–Crippen LogP) is 3.96. The van der Waals surface area contributed by atoms with Gasteiger partial charge in [-0.2, -0.15) is 0 Å². The van der Waals surface area contributed by atoms with Crippen LogP contribution >= 0.6 is 11.6 Å². The third kappa shape index (κ3) is 5.27. The second-order valence-electron chi connectivity index (χ2n) is 4.70. The topological polar surface area (TPSA) is 75.6 Å². The summed E-state index contributed by atoms with van der Waals surface area (Å²) in [7, 11) is 1.37. The van der Waals surface area contributed by atoms with E-state index >= 15 is 0 Å². The van der Waals surface area contributed by atoms with Crippen LogP contribution in [0.3, 0.4) is 0 Å². The number of aromatic carboxylic acids is 1. The van der Waals surface area contributed by atoms with E-state index in [9.17, 15) is 9.59 Å². The highest BCUT2D eigenvalue weighted by molar-refractivity contribution is 6.34. The number of halogens is 1. The molecule has 0 heterocycles. The lowest BCUT2D eigenvalue weighted by Crippen LogP contribution is -2.12. The standard InChI is InChI=1S/C15H20ClNO4/c1-3-4-5-6-7-14(18)17-12-9-13(21-2)10(15(19)20)8-11(12)16/h8-9H,3-7H2,1-2H3,(H,17,18)(H,19,20). The van der Waals surface area contributed by atoms with Crippen LogP contribution in [0.25, 0.3) is 0 Å². The summed E-state index contributed by atoms with van der Waals surface area (Å²) in [5.41, 5.74) is 0.322. The van der Waals surface area contributed by atoms with Crippen LogP contribution in [0.2, 0.25) is 5.02 Å². The number of carbonyl (C=O) groups excluding carboxylic acids is 1. The molecule has 0 bridgehead atoms. The quantitative estimate of drug-likeness (QED) is 0.712. The molecule has 1 amide bonds. The number of unbranched alkanes of at least 4 members (excludes halogenated alkanes) is 3. The second kappa shape index (κ2) is 8.52. The number of rotatable bonds is 8. The lowest BCUT2D eigenvalue weighted by Gasteiger charge is -2.11. The van der Waals surface area contributed by atoms with Gasteiger partial charge in [-0.05, 0) is 12.5 Å². The number of nitrogens with one attached hydrogen (secondary N) is 1. The van der Waals surface area contributed by atoms with Crippen LogP contribution in [0.5, 0.6) is 5.75 Å². The monoisotopic (exact) mass is 313 g/mol. The average molecular weight is 314 g/mol. The van der Waals surface area contributed by atoms with Crippen LogP contribution in [0.15, 0.2) is 12.1 Å². The predicted molar refractivity (Wildman–Crippen MR) is 82.4 cm³/mol. The molecule has 0 unspecified atom stereocenters. The van der Waals surface area contributed by atoms with E-state index in [1.165, 1.54) is 19.2 Å². The first-order valence-corrected chi connectivity index (χ1v) is 7.28. The Morgan fingerprint density at radius 1 is 1.29 bits per heavy atom. The zero-order valence-corrected chi connectivity index (χ0v) is 13.0. The second-order valence-corrected chi connectivity index (χ2v) is 5.10. The van der Waals surface area contributed by atoms with Gasteiger partial charge < -0.3 is 15.2 Å². The van der Waals surface area contributed by atoms with Crippen molar-refractivity contribution < 1.29 is 19.4 Å². The highest BCUT2D eigenvalue weighted by atomic mass is 35.5. The van der Waals surface area contributed by atoms with Gasteiger partial charge in [0.1, 0.15) is 11.3 Å². The van der Waals surface area contributed by atoms with Gasteiger partial charge in [0.15, 0.2) is 0 Å². The number of carbonyl (C=O) groups is 2. The fourth-order valence-electron chi connectivity index (χ4n) is 1.91. The molecule has 116 valence electrons. The first kappa shape index (κ1) is 17.3. The van der Waals surface area contributed by atoms with Crippen LogP contribution in [-0.2, 0) is 4.79 Å². The van der Waals surface area contributed by atoms with Crippen molar-refractivity contribution in [3.8, 4) is 5.75 Å². The molecule has 6 heteroatoms. The molecule has 0 aliphatic rings. The SMILES string of the molecule is CCCCCCC(=O)Nc1cc(OC)c(C(=O)O)cc1Cl. The van der Waals surface area contributed by atoms with Crippen LogP contribution in [-0.4, -0.2) is 24.1 Å². The molecule has 0 atom stereocenters.